The van der Waals surface area contributed by atoms with Gasteiger partial charge in [0.2, 0.25) is 0 Å². The Hall–Kier alpha value is -2.90. The molecule has 2 aromatic carbocycles. The van der Waals surface area contributed by atoms with Crippen molar-refractivity contribution in [1.82, 2.24) is 9.97 Å². The summed E-state index contributed by atoms with van der Waals surface area (Å²) in [5.41, 5.74) is 1.72. The van der Waals surface area contributed by atoms with E-state index >= 15 is 0 Å². The molecule has 0 aliphatic rings. The molecule has 0 spiro atoms. The summed E-state index contributed by atoms with van der Waals surface area (Å²) in [7, 11) is 1.61. The molecule has 0 fully saturated rings. The summed E-state index contributed by atoms with van der Waals surface area (Å²) in [5.74, 6) is 1.33. The molecule has 0 amide bonds. The minimum absolute atomic E-state index is 0.119. The van der Waals surface area contributed by atoms with Gasteiger partial charge in [-0.05, 0) is 42.8 Å². The van der Waals surface area contributed by atoms with E-state index in [-0.39, 0.29) is 5.56 Å². The number of nitrogens with one attached hydrogen (secondary N) is 1. The van der Waals surface area contributed by atoms with Gasteiger partial charge in [-0.15, -0.1) is 22.7 Å². The highest BCUT2D eigenvalue weighted by atomic mass is 32.1. The third-order valence-electron chi connectivity index (χ3n) is 4.03. The Morgan fingerprint density at radius 2 is 1.96 bits per heavy atom. The number of hydrogen-bond acceptors (Lipinski definition) is 6. The lowest BCUT2D eigenvalue weighted by atomic mass is 10.2. The maximum absolute atomic E-state index is 12.4. The van der Waals surface area contributed by atoms with E-state index in [2.05, 4.69) is 9.97 Å². The number of thiazole rings is 2. The molecule has 4 rings (SSSR count). The topological polar surface area (TPSA) is 64.2 Å². The lowest BCUT2D eigenvalue weighted by Crippen LogP contribution is -2.19. The van der Waals surface area contributed by atoms with Crippen LogP contribution < -0.4 is 24.2 Å². The van der Waals surface area contributed by atoms with Crippen molar-refractivity contribution >= 4 is 45.0 Å². The van der Waals surface area contributed by atoms with E-state index in [0.29, 0.717) is 22.6 Å². The number of aromatic amines is 1. The van der Waals surface area contributed by atoms with Crippen molar-refractivity contribution < 1.29 is 9.47 Å². The van der Waals surface area contributed by atoms with Gasteiger partial charge in [-0.25, -0.2) is 4.98 Å². The van der Waals surface area contributed by atoms with E-state index in [1.807, 2.05) is 61.5 Å². The van der Waals surface area contributed by atoms with Gasteiger partial charge in [0.1, 0.15) is 5.01 Å². The Morgan fingerprint density at radius 3 is 2.75 bits per heavy atom. The van der Waals surface area contributed by atoms with Gasteiger partial charge in [0.15, 0.2) is 11.5 Å². The number of benzene rings is 2. The Bertz CT molecular complexity index is 1270. The zero-order chi connectivity index (χ0) is 19.5. The molecule has 2 heterocycles. The normalized spacial score (nSPS) is 12.6. The molecule has 5 nitrogen and oxygen atoms in total. The summed E-state index contributed by atoms with van der Waals surface area (Å²) in [6, 6.07) is 13.6. The lowest BCUT2D eigenvalue weighted by Gasteiger charge is -2.09. The molecule has 0 radical (unpaired) electrons. The van der Waals surface area contributed by atoms with Crippen LogP contribution in [-0.4, -0.2) is 23.7 Å². The van der Waals surface area contributed by atoms with E-state index in [9.17, 15) is 4.79 Å². The van der Waals surface area contributed by atoms with Crippen LogP contribution in [0, 0.1) is 0 Å². The number of nitrogens with zero attached hydrogens (tertiary/aromatic N) is 1. The third-order valence-corrected chi connectivity index (χ3v) is 5.98. The number of methoxy groups -OCH3 is 1. The van der Waals surface area contributed by atoms with Crippen molar-refractivity contribution in [3.05, 3.63) is 72.6 Å². The zero-order valence-electron chi connectivity index (χ0n) is 15.4. The third kappa shape index (κ3) is 3.85. The van der Waals surface area contributed by atoms with Gasteiger partial charge in [-0.1, -0.05) is 18.2 Å². The quantitative estimate of drug-likeness (QED) is 0.549. The van der Waals surface area contributed by atoms with Crippen molar-refractivity contribution in [1.29, 1.82) is 0 Å². The van der Waals surface area contributed by atoms with Gasteiger partial charge in [0.25, 0.3) is 5.56 Å². The summed E-state index contributed by atoms with van der Waals surface area (Å²) < 4.78 is 13.4. The van der Waals surface area contributed by atoms with Crippen LogP contribution in [-0.2, 0) is 0 Å². The fraction of sp³-hybridized carbons (Fsp3) is 0.143. The molecule has 0 unspecified atom stereocenters. The molecule has 2 aromatic heterocycles. The predicted molar refractivity (Wildman–Crippen MR) is 115 cm³/mol. The molecular formula is C21H18N2O3S2. The number of fused-ring (bicyclic) bond motifs is 1. The molecule has 0 aliphatic carbocycles. The van der Waals surface area contributed by atoms with E-state index in [4.69, 9.17) is 9.47 Å². The van der Waals surface area contributed by atoms with Gasteiger partial charge in [-0.3, -0.25) is 4.79 Å². The lowest BCUT2D eigenvalue weighted by molar-refractivity contribution is 0.311. The average Bonchev–Trinajstić information content (AvgIpc) is 3.25. The monoisotopic (exact) mass is 410 g/mol. The highest BCUT2D eigenvalue weighted by Crippen LogP contribution is 2.28. The van der Waals surface area contributed by atoms with Crippen LogP contribution in [0.1, 0.15) is 17.5 Å². The number of rotatable bonds is 5. The van der Waals surface area contributed by atoms with Gasteiger partial charge < -0.3 is 14.5 Å². The largest absolute Gasteiger partial charge is 0.493 e. The fourth-order valence-electron chi connectivity index (χ4n) is 2.79. The molecule has 28 heavy (non-hydrogen) atoms. The maximum atomic E-state index is 12.4. The Balaban J connectivity index is 1.73. The van der Waals surface area contributed by atoms with Crippen LogP contribution >= 0.6 is 22.7 Å². The maximum Gasteiger partial charge on any atom is 0.266 e. The standard InChI is InChI=1S/C21H18N2O3S2/c1-3-26-16-10-13(8-9-15(16)25-2)11-18-21(24)23-20(28-18)12-19-22-14-6-4-5-7-17(14)27-19/h4-12H,3H2,1-2H3,(H,23,24)/b18-11-,20-12-. The van der Waals surface area contributed by atoms with Crippen LogP contribution in [0.2, 0.25) is 0 Å². The predicted octanol–water partition coefficient (Wildman–Crippen LogP) is 3.11. The van der Waals surface area contributed by atoms with E-state index in [1.54, 1.807) is 18.4 Å². The van der Waals surface area contributed by atoms with Crippen LogP contribution in [0.5, 0.6) is 11.5 Å². The number of aromatic nitrogens is 2. The molecule has 0 atom stereocenters. The molecule has 0 aliphatic heterocycles. The molecule has 7 heteroatoms. The first-order valence-corrected chi connectivity index (χ1v) is 10.4. The van der Waals surface area contributed by atoms with E-state index in [1.165, 1.54) is 11.3 Å². The second-order valence-corrected chi connectivity index (χ2v) is 8.08. The number of hydrogen-bond donors (Lipinski definition) is 1. The Kier molecular flexibility index (Phi) is 5.27. The van der Waals surface area contributed by atoms with Crippen LogP contribution in [0.25, 0.3) is 22.4 Å². The molecule has 0 bridgehead atoms. The van der Waals surface area contributed by atoms with Gasteiger partial charge in [0.05, 0.1) is 33.1 Å². The number of ether oxygens (including phenoxy) is 2. The van der Waals surface area contributed by atoms with Gasteiger partial charge >= 0.3 is 0 Å². The van der Waals surface area contributed by atoms with Gasteiger partial charge in [0, 0.05) is 6.08 Å². The molecular weight excluding hydrogens is 392 g/mol. The Labute approximate surface area is 169 Å². The second kappa shape index (κ2) is 8.00. The van der Waals surface area contributed by atoms with Crippen molar-refractivity contribution in [2.75, 3.05) is 13.7 Å². The molecule has 0 saturated heterocycles. The van der Waals surface area contributed by atoms with Crippen LogP contribution in [0.15, 0.2) is 47.3 Å². The minimum Gasteiger partial charge on any atom is -0.493 e. The smallest absolute Gasteiger partial charge is 0.266 e. The van der Waals surface area contributed by atoms with Crippen molar-refractivity contribution in [2.45, 2.75) is 6.92 Å². The SMILES string of the molecule is CCOc1cc(/C=c2\s/c(=C\c3nc4ccccc4s3)[nH]c2=O)ccc1OC. The fourth-order valence-corrected chi connectivity index (χ4v) is 4.67. The summed E-state index contributed by atoms with van der Waals surface area (Å²) in [5, 5.41) is 0.869. The van der Waals surface area contributed by atoms with Crippen molar-refractivity contribution in [2.24, 2.45) is 0 Å². The number of para-hydroxylation sites is 1. The molecule has 142 valence electrons. The Morgan fingerprint density at radius 1 is 1.11 bits per heavy atom. The zero-order valence-corrected chi connectivity index (χ0v) is 17.0. The average molecular weight is 411 g/mol. The highest BCUT2D eigenvalue weighted by Gasteiger charge is 2.05. The summed E-state index contributed by atoms with van der Waals surface area (Å²) in [6.07, 6.45) is 3.76. The van der Waals surface area contributed by atoms with Gasteiger partial charge in [-0.2, -0.15) is 0 Å². The second-order valence-electron chi connectivity index (χ2n) is 5.94. The van der Waals surface area contributed by atoms with Crippen LogP contribution in [0.4, 0.5) is 0 Å². The van der Waals surface area contributed by atoms with E-state index in [0.717, 1.165) is 25.5 Å². The number of H-pyrrole nitrogens is 1. The van der Waals surface area contributed by atoms with Crippen LogP contribution in [0.3, 0.4) is 0 Å². The molecule has 4 aromatic rings. The first-order chi connectivity index (χ1) is 13.7. The first kappa shape index (κ1) is 18.5. The highest BCUT2D eigenvalue weighted by molar-refractivity contribution is 7.19. The summed E-state index contributed by atoms with van der Waals surface area (Å²) in [4.78, 5) is 19.9. The summed E-state index contributed by atoms with van der Waals surface area (Å²) >= 11 is 3.00. The van der Waals surface area contributed by atoms with E-state index < -0.39 is 0 Å². The minimum atomic E-state index is -0.119. The summed E-state index contributed by atoms with van der Waals surface area (Å²) in [6.45, 7) is 2.46. The van der Waals surface area contributed by atoms with Crippen molar-refractivity contribution in [3.8, 4) is 11.5 Å². The van der Waals surface area contributed by atoms with Crippen molar-refractivity contribution in [3.63, 3.8) is 0 Å². The molecule has 1 N–H and O–H groups in total. The molecule has 0 saturated carbocycles. The first-order valence-electron chi connectivity index (χ1n) is 8.75.